The molecule has 0 spiro atoms. The van der Waals surface area contributed by atoms with Crippen LogP contribution < -0.4 is 0 Å². The Morgan fingerprint density at radius 2 is 2.18 bits per heavy atom. The normalized spacial score (nSPS) is 19.4. The van der Waals surface area contributed by atoms with Crippen molar-refractivity contribution in [1.29, 1.82) is 0 Å². The molecule has 2 rings (SSSR count). The molecule has 1 heterocycles. The molecule has 3 heteroatoms. The fourth-order valence-corrected chi connectivity index (χ4v) is 1.92. The molecule has 1 N–H and O–H groups in total. The predicted octanol–water partition coefficient (Wildman–Crippen LogP) is 2.72. The van der Waals surface area contributed by atoms with Gasteiger partial charge in [0.1, 0.15) is 0 Å². The number of hydrogen-bond acceptors (Lipinski definition) is 1. The first-order valence-corrected chi connectivity index (χ1v) is 4.45. The van der Waals surface area contributed by atoms with E-state index in [1.807, 2.05) is 6.07 Å². The summed E-state index contributed by atoms with van der Waals surface area (Å²) in [6.45, 7) is 0. The molecule has 1 aromatic heterocycles. The molecule has 0 aliphatic heterocycles. The van der Waals surface area contributed by atoms with Crippen molar-refractivity contribution in [2.24, 2.45) is 0 Å². The zero-order valence-corrected chi connectivity index (χ0v) is 7.06. The maximum atomic E-state index is 5.70. The lowest BCUT2D eigenvalue weighted by molar-refractivity contribution is 0.693. The Hall–Kier alpha value is -0.500. The molecule has 0 saturated heterocycles. The van der Waals surface area contributed by atoms with Crippen LogP contribution in [-0.2, 0) is 0 Å². The van der Waals surface area contributed by atoms with Crippen LogP contribution in [0.3, 0.4) is 0 Å². The third kappa shape index (κ3) is 1.41. The van der Waals surface area contributed by atoms with Crippen LogP contribution in [0.2, 0.25) is 5.15 Å². The van der Waals surface area contributed by atoms with E-state index in [0.29, 0.717) is 11.1 Å². The Morgan fingerprint density at radius 1 is 1.45 bits per heavy atom. The second-order valence-electron chi connectivity index (χ2n) is 3.13. The zero-order chi connectivity index (χ0) is 7.68. The van der Waals surface area contributed by atoms with Gasteiger partial charge in [0.25, 0.3) is 0 Å². The summed E-state index contributed by atoms with van der Waals surface area (Å²) < 4.78 is 0. The van der Waals surface area contributed by atoms with Crippen molar-refractivity contribution in [3.63, 3.8) is 0 Å². The Morgan fingerprint density at radius 3 is 2.73 bits per heavy atom. The number of nitrogens with one attached hydrogen (secondary N) is 1. The molecular formula is C8H11ClN2. The molecule has 0 radical (unpaired) electrons. The molecule has 1 aromatic rings. The first kappa shape index (κ1) is 7.17. The van der Waals surface area contributed by atoms with Gasteiger partial charge in [-0.3, -0.25) is 5.10 Å². The molecule has 1 saturated carbocycles. The smallest absolute Gasteiger partial charge is 0.151 e. The quantitative estimate of drug-likeness (QED) is 0.690. The summed E-state index contributed by atoms with van der Waals surface area (Å²) in [5.41, 5.74) is 1.22. The van der Waals surface area contributed by atoms with E-state index in [1.54, 1.807) is 0 Å². The molecule has 0 bridgehead atoms. The lowest BCUT2D eigenvalue weighted by Crippen LogP contribution is -1.91. The van der Waals surface area contributed by atoms with E-state index in [-0.39, 0.29) is 0 Å². The molecule has 2 nitrogen and oxygen atoms in total. The lowest BCUT2D eigenvalue weighted by Gasteiger charge is -2.02. The number of hydrogen-bond donors (Lipinski definition) is 1. The summed E-state index contributed by atoms with van der Waals surface area (Å²) in [6, 6.07) is 1.94. The summed E-state index contributed by atoms with van der Waals surface area (Å²) in [6.07, 6.45) is 5.28. The maximum Gasteiger partial charge on any atom is 0.151 e. The number of rotatable bonds is 1. The number of aromatic amines is 1. The lowest BCUT2D eigenvalue weighted by atomic mass is 10.1. The van der Waals surface area contributed by atoms with Crippen LogP contribution in [0.5, 0.6) is 0 Å². The highest BCUT2D eigenvalue weighted by atomic mass is 35.5. The predicted molar refractivity (Wildman–Crippen MR) is 44.8 cm³/mol. The average Bonchev–Trinajstić information content (AvgIpc) is 2.55. The Kier molecular flexibility index (Phi) is 1.86. The monoisotopic (exact) mass is 170 g/mol. The highest BCUT2D eigenvalue weighted by Gasteiger charge is 2.18. The van der Waals surface area contributed by atoms with E-state index in [1.165, 1.54) is 31.4 Å². The van der Waals surface area contributed by atoms with Gasteiger partial charge < -0.3 is 0 Å². The highest BCUT2D eigenvalue weighted by molar-refractivity contribution is 6.29. The van der Waals surface area contributed by atoms with Crippen molar-refractivity contribution in [2.75, 3.05) is 0 Å². The van der Waals surface area contributed by atoms with Gasteiger partial charge in [-0.2, -0.15) is 5.10 Å². The second kappa shape index (κ2) is 2.86. The molecule has 11 heavy (non-hydrogen) atoms. The van der Waals surface area contributed by atoms with Crippen LogP contribution in [0.4, 0.5) is 0 Å². The van der Waals surface area contributed by atoms with E-state index in [0.717, 1.165) is 0 Å². The van der Waals surface area contributed by atoms with E-state index < -0.39 is 0 Å². The minimum atomic E-state index is 0.590. The van der Waals surface area contributed by atoms with Crippen LogP contribution in [0.25, 0.3) is 0 Å². The largest absolute Gasteiger partial charge is 0.281 e. The minimum Gasteiger partial charge on any atom is -0.281 e. The van der Waals surface area contributed by atoms with Crippen molar-refractivity contribution in [1.82, 2.24) is 10.2 Å². The van der Waals surface area contributed by atoms with Crippen molar-refractivity contribution < 1.29 is 0 Å². The molecule has 0 unspecified atom stereocenters. The third-order valence-electron chi connectivity index (χ3n) is 2.36. The molecule has 0 aromatic carbocycles. The molecule has 1 aliphatic rings. The van der Waals surface area contributed by atoms with Gasteiger partial charge >= 0.3 is 0 Å². The van der Waals surface area contributed by atoms with Gasteiger partial charge in [-0.25, -0.2) is 0 Å². The van der Waals surface area contributed by atoms with Crippen LogP contribution in [-0.4, -0.2) is 10.2 Å². The van der Waals surface area contributed by atoms with E-state index >= 15 is 0 Å². The number of aromatic nitrogens is 2. The molecule has 1 fully saturated rings. The summed E-state index contributed by atoms with van der Waals surface area (Å²) in [4.78, 5) is 0. The first-order valence-electron chi connectivity index (χ1n) is 4.07. The van der Waals surface area contributed by atoms with Crippen LogP contribution in [0.15, 0.2) is 6.07 Å². The second-order valence-corrected chi connectivity index (χ2v) is 3.51. The average molecular weight is 171 g/mol. The Labute approximate surface area is 71.0 Å². The van der Waals surface area contributed by atoms with Crippen LogP contribution in [0.1, 0.15) is 37.3 Å². The Balaban J connectivity index is 2.15. The zero-order valence-electron chi connectivity index (χ0n) is 6.31. The number of H-pyrrole nitrogens is 1. The molecule has 1 aliphatic carbocycles. The first-order chi connectivity index (χ1) is 5.36. The van der Waals surface area contributed by atoms with Crippen molar-refractivity contribution in [2.45, 2.75) is 31.6 Å². The number of nitrogens with zero attached hydrogens (tertiary/aromatic N) is 1. The summed E-state index contributed by atoms with van der Waals surface area (Å²) >= 11 is 5.70. The van der Waals surface area contributed by atoms with Crippen molar-refractivity contribution >= 4 is 11.6 Å². The van der Waals surface area contributed by atoms with Gasteiger partial charge in [0.15, 0.2) is 5.15 Å². The van der Waals surface area contributed by atoms with Crippen molar-refractivity contribution in [3.8, 4) is 0 Å². The van der Waals surface area contributed by atoms with Gasteiger partial charge in [0.2, 0.25) is 0 Å². The highest BCUT2D eigenvalue weighted by Crippen LogP contribution is 2.33. The summed E-state index contributed by atoms with van der Waals surface area (Å²) in [5, 5.41) is 7.46. The fourth-order valence-electron chi connectivity index (χ4n) is 1.76. The van der Waals surface area contributed by atoms with E-state index in [9.17, 15) is 0 Å². The van der Waals surface area contributed by atoms with Crippen LogP contribution >= 0.6 is 11.6 Å². The Bertz CT molecular complexity index is 238. The van der Waals surface area contributed by atoms with Gasteiger partial charge in [-0.15, -0.1) is 0 Å². The van der Waals surface area contributed by atoms with Gasteiger partial charge in [0, 0.05) is 11.6 Å². The summed E-state index contributed by atoms with van der Waals surface area (Å²) in [7, 11) is 0. The SMILES string of the molecule is Clc1cc(C2CCCC2)[nH]n1. The number of halogens is 1. The van der Waals surface area contributed by atoms with Gasteiger partial charge in [-0.1, -0.05) is 24.4 Å². The van der Waals surface area contributed by atoms with Crippen LogP contribution in [0, 0.1) is 0 Å². The van der Waals surface area contributed by atoms with Gasteiger partial charge in [0.05, 0.1) is 0 Å². The third-order valence-corrected chi connectivity index (χ3v) is 2.56. The van der Waals surface area contributed by atoms with Crippen molar-refractivity contribution in [3.05, 3.63) is 16.9 Å². The molecule has 0 amide bonds. The van der Waals surface area contributed by atoms with Gasteiger partial charge in [-0.05, 0) is 18.9 Å². The molecule has 60 valence electrons. The molecule has 0 atom stereocenters. The topological polar surface area (TPSA) is 28.7 Å². The van der Waals surface area contributed by atoms with E-state index in [2.05, 4.69) is 10.2 Å². The summed E-state index contributed by atoms with van der Waals surface area (Å²) in [5.74, 6) is 0.690. The van der Waals surface area contributed by atoms with E-state index in [4.69, 9.17) is 11.6 Å². The minimum absolute atomic E-state index is 0.590. The maximum absolute atomic E-state index is 5.70. The molecular weight excluding hydrogens is 160 g/mol. The standard InChI is InChI=1S/C8H11ClN2/c9-8-5-7(10-11-8)6-3-1-2-4-6/h5-6H,1-4H2,(H,10,11). The fraction of sp³-hybridized carbons (Fsp3) is 0.625.